The summed E-state index contributed by atoms with van der Waals surface area (Å²) in [6, 6.07) is 3.94. The van der Waals surface area contributed by atoms with E-state index in [1.165, 1.54) is 11.3 Å². The summed E-state index contributed by atoms with van der Waals surface area (Å²) in [5, 5.41) is 0. The van der Waals surface area contributed by atoms with Crippen LogP contribution in [0.5, 0.6) is 0 Å². The van der Waals surface area contributed by atoms with Crippen LogP contribution in [0.2, 0.25) is 0 Å². The number of carbonyl (C=O) groups excluding carboxylic acids is 1. The fourth-order valence-corrected chi connectivity index (χ4v) is 2.95. The summed E-state index contributed by atoms with van der Waals surface area (Å²) in [5.74, 6) is 0.276. The summed E-state index contributed by atoms with van der Waals surface area (Å²) in [6.45, 7) is 2.69. The van der Waals surface area contributed by atoms with Crippen LogP contribution in [-0.4, -0.2) is 12.3 Å². The quantitative estimate of drug-likeness (QED) is 0.798. The van der Waals surface area contributed by atoms with Gasteiger partial charge in [0.15, 0.2) is 5.78 Å². The molecule has 0 saturated heterocycles. The third-order valence-electron chi connectivity index (χ3n) is 3.40. The molecular formula is C12H17NOS. The molecule has 2 rings (SSSR count). The second-order valence-corrected chi connectivity index (χ2v) is 5.86. The van der Waals surface area contributed by atoms with Gasteiger partial charge in [-0.2, -0.15) is 0 Å². The van der Waals surface area contributed by atoms with Gasteiger partial charge in [0.05, 0.1) is 4.88 Å². The highest BCUT2D eigenvalue weighted by Crippen LogP contribution is 2.43. The fraction of sp³-hybridized carbons (Fsp3) is 0.583. The van der Waals surface area contributed by atoms with Crippen LogP contribution in [0.15, 0.2) is 12.1 Å². The van der Waals surface area contributed by atoms with E-state index in [1.54, 1.807) is 11.3 Å². The maximum absolute atomic E-state index is 12.0. The Morgan fingerprint density at radius 1 is 1.53 bits per heavy atom. The lowest BCUT2D eigenvalue weighted by molar-refractivity contribution is 0.0790. The van der Waals surface area contributed by atoms with Crippen molar-refractivity contribution in [3.05, 3.63) is 21.9 Å². The van der Waals surface area contributed by atoms with E-state index in [0.29, 0.717) is 13.0 Å². The molecule has 1 aliphatic carbocycles. The summed E-state index contributed by atoms with van der Waals surface area (Å²) < 4.78 is 0. The predicted octanol–water partition coefficient (Wildman–Crippen LogP) is 2.76. The molecule has 82 valence electrons. The van der Waals surface area contributed by atoms with Crippen molar-refractivity contribution in [2.75, 3.05) is 6.54 Å². The van der Waals surface area contributed by atoms with E-state index < -0.39 is 0 Å². The third kappa shape index (κ3) is 2.13. The Hall–Kier alpha value is -0.670. The molecule has 3 heteroatoms. The zero-order valence-electron chi connectivity index (χ0n) is 9.08. The molecule has 0 spiro atoms. The number of ketones is 1. The molecule has 1 aromatic heterocycles. The first-order chi connectivity index (χ1) is 7.15. The van der Waals surface area contributed by atoms with Crippen LogP contribution in [0.25, 0.3) is 0 Å². The van der Waals surface area contributed by atoms with E-state index in [1.807, 2.05) is 19.1 Å². The topological polar surface area (TPSA) is 43.1 Å². The number of rotatable bonds is 4. The van der Waals surface area contributed by atoms with Gasteiger partial charge in [-0.1, -0.05) is 6.42 Å². The van der Waals surface area contributed by atoms with Crippen LogP contribution < -0.4 is 5.73 Å². The van der Waals surface area contributed by atoms with Gasteiger partial charge in [-0.3, -0.25) is 4.79 Å². The Bertz CT molecular complexity index is 360. The minimum absolute atomic E-state index is 0.134. The molecule has 1 saturated carbocycles. The lowest BCUT2D eigenvalue weighted by atomic mass is 9.66. The molecule has 1 aromatic rings. The monoisotopic (exact) mass is 223 g/mol. The second-order valence-electron chi connectivity index (χ2n) is 4.57. The number of aryl methyl sites for hydroxylation is 1. The van der Waals surface area contributed by atoms with Gasteiger partial charge in [0.2, 0.25) is 0 Å². The van der Waals surface area contributed by atoms with Crippen molar-refractivity contribution in [1.29, 1.82) is 0 Å². The highest BCUT2D eigenvalue weighted by molar-refractivity contribution is 7.14. The summed E-state index contributed by atoms with van der Waals surface area (Å²) in [6.07, 6.45) is 4.12. The normalized spacial score (nSPS) is 18.5. The molecule has 1 heterocycles. The fourth-order valence-electron chi connectivity index (χ4n) is 2.14. The third-order valence-corrected chi connectivity index (χ3v) is 4.44. The van der Waals surface area contributed by atoms with Crippen LogP contribution >= 0.6 is 11.3 Å². The first kappa shape index (κ1) is 10.8. The summed E-state index contributed by atoms with van der Waals surface area (Å²) in [7, 11) is 0. The van der Waals surface area contributed by atoms with Crippen molar-refractivity contribution in [3.63, 3.8) is 0 Å². The largest absolute Gasteiger partial charge is 0.330 e. The maximum Gasteiger partial charge on any atom is 0.173 e. The SMILES string of the molecule is Cc1ccc(C(=O)CC2(CN)CCC2)s1. The van der Waals surface area contributed by atoms with Gasteiger partial charge >= 0.3 is 0 Å². The molecule has 0 unspecified atom stereocenters. The number of nitrogens with two attached hydrogens (primary N) is 1. The van der Waals surface area contributed by atoms with Gasteiger partial charge in [-0.15, -0.1) is 11.3 Å². The van der Waals surface area contributed by atoms with Crippen LogP contribution in [0, 0.1) is 12.3 Å². The number of thiophene rings is 1. The van der Waals surface area contributed by atoms with Gasteiger partial charge < -0.3 is 5.73 Å². The van der Waals surface area contributed by atoms with Crippen LogP contribution in [0.3, 0.4) is 0 Å². The van der Waals surface area contributed by atoms with E-state index in [-0.39, 0.29) is 11.2 Å². The van der Waals surface area contributed by atoms with Crippen LogP contribution in [0.1, 0.15) is 40.2 Å². The summed E-state index contributed by atoms with van der Waals surface area (Å²) in [4.78, 5) is 14.1. The molecule has 0 radical (unpaired) electrons. The number of carbonyl (C=O) groups is 1. The Morgan fingerprint density at radius 2 is 2.27 bits per heavy atom. The van der Waals surface area contributed by atoms with Gasteiger partial charge in [0.25, 0.3) is 0 Å². The molecule has 0 amide bonds. The molecule has 0 bridgehead atoms. The van der Waals surface area contributed by atoms with Gasteiger partial charge in [-0.05, 0) is 43.9 Å². The van der Waals surface area contributed by atoms with Crippen molar-refractivity contribution >= 4 is 17.1 Å². The maximum atomic E-state index is 12.0. The lowest BCUT2D eigenvalue weighted by Crippen LogP contribution is -2.39. The van der Waals surface area contributed by atoms with E-state index in [2.05, 4.69) is 0 Å². The Kier molecular flexibility index (Phi) is 2.94. The Balaban J connectivity index is 2.03. The Morgan fingerprint density at radius 3 is 2.67 bits per heavy atom. The van der Waals surface area contributed by atoms with Crippen molar-refractivity contribution in [3.8, 4) is 0 Å². The Labute approximate surface area is 94.5 Å². The first-order valence-electron chi connectivity index (χ1n) is 5.45. The molecule has 0 atom stereocenters. The van der Waals surface area contributed by atoms with Gasteiger partial charge in [0.1, 0.15) is 0 Å². The average Bonchev–Trinajstić information content (AvgIpc) is 2.58. The van der Waals surface area contributed by atoms with E-state index in [0.717, 1.165) is 17.7 Å². The van der Waals surface area contributed by atoms with Crippen LogP contribution in [-0.2, 0) is 0 Å². The average molecular weight is 223 g/mol. The molecule has 1 fully saturated rings. The van der Waals surface area contributed by atoms with Gasteiger partial charge in [0, 0.05) is 11.3 Å². The van der Waals surface area contributed by atoms with Crippen molar-refractivity contribution in [2.45, 2.75) is 32.6 Å². The zero-order valence-corrected chi connectivity index (χ0v) is 9.90. The van der Waals surface area contributed by atoms with Crippen molar-refractivity contribution < 1.29 is 4.79 Å². The lowest BCUT2D eigenvalue weighted by Gasteiger charge is -2.40. The second kappa shape index (κ2) is 4.06. The minimum Gasteiger partial charge on any atom is -0.330 e. The highest BCUT2D eigenvalue weighted by atomic mass is 32.1. The summed E-state index contributed by atoms with van der Waals surface area (Å²) >= 11 is 1.59. The number of hydrogen-bond acceptors (Lipinski definition) is 3. The minimum atomic E-state index is 0.134. The molecule has 1 aliphatic rings. The van der Waals surface area contributed by atoms with E-state index in [4.69, 9.17) is 5.73 Å². The first-order valence-corrected chi connectivity index (χ1v) is 6.27. The standard InChI is InChI=1S/C12H17NOS/c1-9-3-4-11(15-9)10(14)7-12(8-13)5-2-6-12/h3-4H,2,5-8,13H2,1H3. The van der Waals surface area contributed by atoms with E-state index >= 15 is 0 Å². The van der Waals surface area contributed by atoms with E-state index in [9.17, 15) is 4.79 Å². The molecule has 0 aromatic carbocycles. The smallest absolute Gasteiger partial charge is 0.173 e. The zero-order chi connectivity index (χ0) is 10.9. The molecular weight excluding hydrogens is 206 g/mol. The molecule has 0 aliphatic heterocycles. The summed E-state index contributed by atoms with van der Waals surface area (Å²) in [5.41, 5.74) is 5.89. The number of hydrogen-bond donors (Lipinski definition) is 1. The molecule has 15 heavy (non-hydrogen) atoms. The van der Waals surface area contributed by atoms with Crippen molar-refractivity contribution in [2.24, 2.45) is 11.1 Å². The van der Waals surface area contributed by atoms with Crippen LogP contribution in [0.4, 0.5) is 0 Å². The van der Waals surface area contributed by atoms with Crippen molar-refractivity contribution in [1.82, 2.24) is 0 Å². The molecule has 2 nitrogen and oxygen atoms in total. The predicted molar refractivity (Wildman–Crippen MR) is 63.3 cm³/mol. The number of Topliss-reactive ketones (excluding diaryl/α,β-unsaturated/α-hetero) is 1. The highest BCUT2D eigenvalue weighted by Gasteiger charge is 2.37. The van der Waals surface area contributed by atoms with Gasteiger partial charge in [-0.25, -0.2) is 0 Å². The molecule has 2 N–H and O–H groups in total.